The fraction of sp³-hybridized carbons (Fsp3) is 0. The number of ketones is 1. The fourth-order valence-electron chi connectivity index (χ4n) is 1.51. The van der Waals surface area contributed by atoms with Gasteiger partial charge in [-0.1, -0.05) is 60.7 Å². The first-order chi connectivity index (χ1) is 8.27. The van der Waals surface area contributed by atoms with E-state index in [2.05, 4.69) is 12.6 Å². The van der Waals surface area contributed by atoms with Gasteiger partial charge in [-0.15, -0.1) is 12.6 Å². The minimum Gasteiger partial charge on any atom is -0.288 e. The Balaban J connectivity index is 2.24. The van der Waals surface area contributed by atoms with Crippen molar-refractivity contribution in [1.82, 2.24) is 0 Å². The van der Waals surface area contributed by atoms with Gasteiger partial charge in [0.1, 0.15) is 0 Å². The first kappa shape index (κ1) is 11.7. The zero-order chi connectivity index (χ0) is 12.1. The summed E-state index contributed by atoms with van der Waals surface area (Å²) in [6, 6.07) is 18.8. The largest absolute Gasteiger partial charge is 0.288 e. The average Bonchev–Trinajstić information content (AvgIpc) is 2.40. The third-order valence-electron chi connectivity index (χ3n) is 2.37. The molecule has 2 heteroatoms. The van der Waals surface area contributed by atoms with Crippen LogP contribution in [0.3, 0.4) is 0 Å². The summed E-state index contributed by atoms with van der Waals surface area (Å²) in [4.78, 5) is 12.5. The van der Waals surface area contributed by atoms with Crippen molar-refractivity contribution in [2.45, 2.75) is 0 Å². The molecular formula is C15H12OS. The molecule has 0 saturated heterocycles. The number of carbonyl (C=O) groups is 1. The monoisotopic (exact) mass is 240 g/mol. The number of benzene rings is 2. The summed E-state index contributed by atoms with van der Waals surface area (Å²) in [5, 5.41) is 0. The van der Waals surface area contributed by atoms with E-state index in [0.29, 0.717) is 10.5 Å². The van der Waals surface area contributed by atoms with Gasteiger partial charge in [0.15, 0.2) is 5.78 Å². The highest BCUT2D eigenvalue weighted by Crippen LogP contribution is 2.15. The quantitative estimate of drug-likeness (QED) is 0.490. The van der Waals surface area contributed by atoms with Gasteiger partial charge in [0.25, 0.3) is 0 Å². The molecule has 0 spiro atoms. The van der Waals surface area contributed by atoms with Gasteiger partial charge in [0.05, 0.1) is 4.91 Å². The molecule has 1 nitrogen and oxygen atoms in total. The Hall–Kier alpha value is -1.80. The molecule has 0 N–H and O–H groups in total. The zero-order valence-electron chi connectivity index (χ0n) is 9.21. The maximum Gasteiger partial charge on any atom is 0.199 e. The van der Waals surface area contributed by atoms with Crippen molar-refractivity contribution in [3.05, 3.63) is 76.7 Å². The minimum absolute atomic E-state index is 0.0576. The van der Waals surface area contributed by atoms with Crippen molar-refractivity contribution < 1.29 is 4.79 Å². The Morgan fingerprint density at radius 2 is 1.41 bits per heavy atom. The molecule has 0 heterocycles. The molecule has 2 rings (SSSR count). The SMILES string of the molecule is O=C(/C(S)=C/c1ccccc1)c1ccccc1. The molecule has 84 valence electrons. The molecule has 0 aromatic heterocycles. The summed E-state index contributed by atoms with van der Waals surface area (Å²) in [5.41, 5.74) is 1.63. The first-order valence-corrected chi connectivity index (χ1v) is 5.77. The van der Waals surface area contributed by atoms with Gasteiger partial charge >= 0.3 is 0 Å². The smallest absolute Gasteiger partial charge is 0.199 e. The van der Waals surface area contributed by atoms with Crippen LogP contribution in [0.1, 0.15) is 15.9 Å². The van der Waals surface area contributed by atoms with Crippen LogP contribution in [0.2, 0.25) is 0 Å². The van der Waals surface area contributed by atoms with Gasteiger partial charge in [0.2, 0.25) is 0 Å². The van der Waals surface area contributed by atoms with Crippen molar-refractivity contribution in [2.24, 2.45) is 0 Å². The van der Waals surface area contributed by atoms with Crippen LogP contribution in [-0.2, 0) is 0 Å². The number of carbonyl (C=O) groups excluding carboxylic acids is 1. The van der Waals surface area contributed by atoms with Crippen molar-refractivity contribution in [2.75, 3.05) is 0 Å². The molecule has 2 aromatic carbocycles. The molecule has 0 aliphatic heterocycles. The minimum atomic E-state index is -0.0576. The van der Waals surface area contributed by atoms with E-state index >= 15 is 0 Å². The Kier molecular flexibility index (Phi) is 3.78. The Labute approximate surface area is 106 Å². The first-order valence-electron chi connectivity index (χ1n) is 5.33. The summed E-state index contributed by atoms with van der Waals surface area (Å²) < 4.78 is 0. The van der Waals surface area contributed by atoms with E-state index in [4.69, 9.17) is 0 Å². The molecule has 0 fully saturated rings. The number of thiol groups is 1. The molecular weight excluding hydrogens is 228 g/mol. The maximum absolute atomic E-state index is 12.0. The lowest BCUT2D eigenvalue weighted by Crippen LogP contribution is -1.98. The number of hydrogen-bond donors (Lipinski definition) is 1. The highest BCUT2D eigenvalue weighted by atomic mass is 32.1. The lowest BCUT2D eigenvalue weighted by atomic mass is 10.1. The lowest BCUT2D eigenvalue weighted by Gasteiger charge is -2.00. The maximum atomic E-state index is 12.0. The molecule has 0 atom stereocenters. The van der Waals surface area contributed by atoms with Crippen LogP contribution in [0.15, 0.2) is 65.6 Å². The molecule has 0 bridgehead atoms. The summed E-state index contributed by atoms with van der Waals surface area (Å²) >= 11 is 4.26. The molecule has 2 aromatic rings. The second kappa shape index (κ2) is 5.51. The summed E-state index contributed by atoms with van der Waals surface area (Å²) in [6.07, 6.45) is 1.78. The van der Waals surface area contributed by atoms with E-state index < -0.39 is 0 Å². The van der Waals surface area contributed by atoms with Gasteiger partial charge in [0, 0.05) is 5.56 Å². The summed E-state index contributed by atoms with van der Waals surface area (Å²) in [7, 11) is 0. The van der Waals surface area contributed by atoms with E-state index in [9.17, 15) is 4.79 Å². The topological polar surface area (TPSA) is 17.1 Å². The van der Waals surface area contributed by atoms with Crippen LogP contribution in [0.5, 0.6) is 0 Å². The zero-order valence-corrected chi connectivity index (χ0v) is 10.1. The predicted octanol–water partition coefficient (Wildman–Crippen LogP) is 3.84. The summed E-state index contributed by atoms with van der Waals surface area (Å²) in [6.45, 7) is 0. The van der Waals surface area contributed by atoms with E-state index in [1.807, 2.05) is 48.5 Å². The molecule has 0 aliphatic rings. The molecule has 17 heavy (non-hydrogen) atoms. The van der Waals surface area contributed by atoms with Gasteiger partial charge < -0.3 is 0 Å². The average molecular weight is 240 g/mol. The van der Waals surface area contributed by atoms with Crippen LogP contribution in [0, 0.1) is 0 Å². The van der Waals surface area contributed by atoms with E-state index in [0.717, 1.165) is 5.56 Å². The van der Waals surface area contributed by atoms with Crippen molar-refractivity contribution in [1.29, 1.82) is 0 Å². The van der Waals surface area contributed by atoms with E-state index in [1.165, 1.54) is 0 Å². The molecule has 0 unspecified atom stereocenters. The molecule has 0 radical (unpaired) electrons. The standard InChI is InChI=1S/C15H12OS/c16-15(13-9-5-2-6-10-13)14(17)11-12-7-3-1-4-8-12/h1-11,17H/b14-11-. The Bertz CT molecular complexity index is 529. The normalized spacial score (nSPS) is 11.2. The van der Waals surface area contributed by atoms with Crippen LogP contribution in [0.4, 0.5) is 0 Å². The predicted molar refractivity (Wildman–Crippen MR) is 74.2 cm³/mol. The fourth-order valence-corrected chi connectivity index (χ4v) is 1.79. The Morgan fingerprint density at radius 3 is 2.00 bits per heavy atom. The Morgan fingerprint density at radius 1 is 0.882 bits per heavy atom. The van der Waals surface area contributed by atoms with E-state index in [1.54, 1.807) is 18.2 Å². The molecule has 0 amide bonds. The van der Waals surface area contributed by atoms with Crippen molar-refractivity contribution >= 4 is 24.5 Å². The molecule has 0 saturated carbocycles. The van der Waals surface area contributed by atoms with Crippen LogP contribution < -0.4 is 0 Å². The van der Waals surface area contributed by atoms with Gasteiger partial charge in [-0.3, -0.25) is 4.79 Å². The van der Waals surface area contributed by atoms with E-state index in [-0.39, 0.29) is 5.78 Å². The van der Waals surface area contributed by atoms with Gasteiger partial charge in [-0.25, -0.2) is 0 Å². The second-order valence-electron chi connectivity index (χ2n) is 3.64. The molecule has 0 aliphatic carbocycles. The van der Waals surface area contributed by atoms with Crippen molar-refractivity contribution in [3.63, 3.8) is 0 Å². The lowest BCUT2D eigenvalue weighted by molar-refractivity contribution is 0.104. The highest BCUT2D eigenvalue weighted by molar-refractivity contribution is 7.85. The number of allylic oxidation sites excluding steroid dienone is 1. The third-order valence-corrected chi connectivity index (χ3v) is 2.70. The number of rotatable bonds is 3. The third kappa shape index (κ3) is 3.08. The van der Waals surface area contributed by atoms with Gasteiger partial charge in [-0.2, -0.15) is 0 Å². The summed E-state index contributed by atoms with van der Waals surface area (Å²) in [5.74, 6) is -0.0576. The van der Waals surface area contributed by atoms with Crippen LogP contribution in [0.25, 0.3) is 6.08 Å². The second-order valence-corrected chi connectivity index (χ2v) is 4.12. The number of Topliss-reactive ketones (excluding diaryl/α,β-unsaturated/α-hetero) is 1. The van der Waals surface area contributed by atoms with Gasteiger partial charge in [-0.05, 0) is 11.6 Å². The van der Waals surface area contributed by atoms with Crippen LogP contribution >= 0.6 is 12.6 Å². The highest BCUT2D eigenvalue weighted by Gasteiger charge is 2.07. The van der Waals surface area contributed by atoms with Crippen molar-refractivity contribution in [3.8, 4) is 0 Å². The van der Waals surface area contributed by atoms with Crippen LogP contribution in [-0.4, -0.2) is 5.78 Å². The number of hydrogen-bond acceptors (Lipinski definition) is 2.